The quantitative estimate of drug-likeness (QED) is 0.605. The summed E-state index contributed by atoms with van der Waals surface area (Å²) in [6.45, 7) is 13.3. The Hall–Kier alpha value is -0.300. The molecule has 0 N–H and O–H groups in total. The van der Waals surface area contributed by atoms with E-state index in [-0.39, 0.29) is 0 Å². The molecule has 0 amide bonds. The molecule has 13 heavy (non-hydrogen) atoms. The fraction of sp³-hybridized carbons (Fsp3) is 0.833. The lowest BCUT2D eigenvalue weighted by molar-refractivity contribution is 0.100. The van der Waals surface area contributed by atoms with Crippen LogP contribution in [0.3, 0.4) is 0 Å². The van der Waals surface area contributed by atoms with Gasteiger partial charge in [-0.05, 0) is 38.3 Å². The Kier molecular flexibility index (Phi) is 3.55. The molecular formula is C12H23N. The summed E-state index contributed by atoms with van der Waals surface area (Å²) in [6.07, 6.45) is 6.07. The van der Waals surface area contributed by atoms with Crippen molar-refractivity contribution >= 4 is 0 Å². The Bertz CT molecular complexity index is 166. The van der Waals surface area contributed by atoms with Gasteiger partial charge < -0.3 is 0 Å². The van der Waals surface area contributed by atoms with Crippen LogP contribution >= 0.6 is 0 Å². The van der Waals surface area contributed by atoms with Crippen LogP contribution < -0.4 is 0 Å². The summed E-state index contributed by atoms with van der Waals surface area (Å²) in [6, 6.07) is 0.557. The SMILES string of the molecule is C=CC(C)N1CCC(C)(CC)CC1. The zero-order chi connectivity index (χ0) is 9.90. The van der Waals surface area contributed by atoms with Crippen molar-refractivity contribution in [3.05, 3.63) is 12.7 Å². The minimum Gasteiger partial charge on any atom is -0.297 e. The molecule has 0 radical (unpaired) electrons. The maximum atomic E-state index is 3.85. The van der Waals surface area contributed by atoms with E-state index in [1.807, 2.05) is 0 Å². The summed E-state index contributed by atoms with van der Waals surface area (Å²) in [4.78, 5) is 2.53. The minimum absolute atomic E-state index is 0.557. The van der Waals surface area contributed by atoms with Crippen molar-refractivity contribution in [1.29, 1.82) is 0 Å². The average molecular weight is 181 g/mol. The normalized spacial score (nSPS) is 25.5. The molecular weight excluding hydrogens is 158 g/mol. The third-order valence-corrected chi connectivity index (χ3v) is 3.78. The van der Waals surface area contributed by atoms with Gasteiger partial charge in [-0.15, -0.1) is 6.58 Å². The third-order valence-electron chi connectivity index (χ3n) is 3.78. The molecule has 0 aromatic heterocycles. The first-order valence-corrected chi connectivity index (χ1v) is 5.48. The molecule has 1 aliphatic rings. The monoisotopic (exact) mass is 181 g/mol. The summed E-state index contributed by atoms with van der Waals surface area (Å²) in [5.74, 6) is 0. The summed E-state index contributed by atoms with van der Waals surface area (Å²) >= 11 is 0. The fourth-order valence-corrected chi connectivity index (χ4v) is 1.97. The highest BCUT2D eigenvalue weighted by Gasteiger charge is 2.29. The highest BCUT2D eigenvalue weighted by molar-refractivity contribution is 4.89. The van der Waals surface area contributed by atoms with E-state index in [9.17, 15) is 0 Å². The molecule has 1 atom stereocenters. The summed E-state index contributed by atoms with van der Waals surface area (Å²) in [5.41, 5.74) is 0.609. The Morgan fingerprint density at radius 2 is 2.00 bits per heavy atom. The van der Waals surface area contributed by atoms with Gasteiger partial charge in [-0.25, -0.2) is 0 Å². The Labute approximate surface area is 82.8 Å². The van der Waals surface area contributed by atoms with Crippen molar-refractivity contribution in [3.8, 4) is 0 Å². The smallest absolute Gasteiger partial charge is 0.0247 e. The van der Waals surface area contributed by atoms with E-state index in [0.29, 0.717) is 11.5 Å². The van der Waals surface area contributed by atoms with Crippen LogP contribution in [0.15, 0.2) is 12.7 Å². The Morgan fingerprint density at radius 3 is 2.38 bits per heavy atom. The second-order valence-electron chi connectivity index (χ2n) is 4.68. The maximum Gasteiger partial charge on any atom is 0.0247 e. The van der Waals surface area contributed by atoms with E-state index in [1.54, 1.807) is 0 Å². The van der Waals surface area contributed by atoms with Gasteiger partial charge in [0.05, 0.1) is 0 Å². The van der Waals surface area contributed by atoms with E-state index in [1.165, 1.54) is 32.4 Å². The molecule has 0 aromatic carbocycles. The number of nitrogens with zero attached hydrogens (tertiary/aromatic N) is 1. The molecule has 0 spiro atoms. The molecule has 1 heterocycles. The van der Waals surface area contributed by atoms with Crippen molar-refractivity contribution in [2.45, 2.75) is 46.1 Å². The molecule has 0 aromatic rings. The van der Waals surface area contributed by atoms with E-state index in [4.69, 9.17) is 0 Å². The first-order chi connectivity index (χ1) is 6.11. The molecule has 1 heteroatoms. The Morgan fingerprint density at radius 1 is 1.46 bits per heavy atom. The molecule has 0 bridgehead atoms. The van der Waals surface area contributed by atoms with Gasteiger partial charge in [-0.1, -0.05) is 26.3 Å². The molecule has 1 saturated heterocycles. The number of rotatable bonds is 3. The predicted molar refractivity (Wildman–Crippen MR) is 58.9 cm³/mol. The van der Waals surface area contributed by atoms with E-state index >= 15 is 0 Å². The van der Waals surface area contributed by atoms with Crippen molar-refractivity contribution in [2.75, 3.05) is 13.1 Å². The minimum atomic E-state index is 0.557. The second kappa shape index (κ2) is 4.28. The predicted octanol–water partition coefficient (Wildman–Crippen LogP) is 3.07. The summed E-state index contributed by atoms with van der Waals surface area (Å²) < 4.78 is 0. The highest BCUT2D eigenvalue weighted by Crippen LogP contribution is 2.34. The van der Waals surface area contributed by atoms with Gasteiger partial charge in [0.2, 0.25) is 0 Å². The van der Waals surface area contributed by atoms with Crippen LogP contribution in [0.25, 0.3) is 0 Å². The van der Waals surface area contributed by atoms with Crippen LogP contribution in [0.1, 0.15) is 40.0 Å². The number of likely N-dealkylation sites (tertiary alicyclic amines) is 1. The lowest BCUT2D eigenvalue weighted by Crippen LogP contribution is -2.42. The second-order valence-corrected chi connectivity index (χ2v) is 4.68. The van der Waals surface area contributed by atoms with Gasteiger partial charge in [0.25, 0.3) is 0 Å². The molecule has 0 saturated carbocycles. The lowest BCUT2D eigenvalue weighted by atomic mass is 9.78. The zero-order valence-electron chi connectivity index (χ0n) is 9.34. The topological polar surface area (TPSA) is 3.24 Å². The van der Waals surface area contributed by atoms with Gasteiger partial charge in [0, 0.05) is 6.04 Å². The van der Waals surface area contributed by atoms with Gasteiger partial charge >= 0.3 is 0 Å². The standard InChI is InChI=1S/C12H23N/c1-5-11(3)13-9-7-12(4,6-2)8-10-13/h5,11H,1,6-10H2,2-4H3. The fourth-order valence-electron chi connectivity index (χ4n) is 1.97. The molecule has 1 nitrogen and oxygen atoms in total. The van der Waals surface area contributed by atoms with Crippen LogP contribution in [0.2, 0.25) is 0 Å². The molecule has 1 unspecified atom stereocenters. The van der Waals surface area contributed by atoms with Crippen LogP contribution in [0, 0.1) is 5.41 Å². The highest BCUT2D eigenvalue weighted by atomic mass is 15.2. The maximum absolute atomic E-state index is 3.85. The summed E-state index contributed by atoms with van der Waals surface area (Å²) in [5, 5.41) is 0. The number of piperidine rings is 1. The van der Waals surface area contributed by atoms with E-state index in [2.05, 4.69) is 38.3 Å². The van der Waals surface area contributed by atoms with Gasteiger partial charge in [0.1, 0.15) is 0 Å². The van der Waals surface area contributed by atoms with E-state index < -0.39 is 0 Å². The van der Waals surface area contributed by atoms with Gasteiger partial charge in [-0.2, -0.15) is 0 Å². The zero-order valence-corrected chi connectivity index (χ0v) is 9.34. The van der Waals surface area contributed by atoms with Gasteiger partial charge in [0.15, 0.2) is 0 Å². The first-order valence-electron chi connectivity index (χ1n) is 5.48. The van der Waals surface area contributed by atoms with Crippen LogP contribution in [0.4, 0.5) is 0 Å². The van der Waals surface area contributed by atoms with Crippen LogP contribution in [0.5, 0.6) is 0 Å². The molecule has 1 aliphatic heterocycles. The van der Waals surface area contributed by atoms with Crippen LogP contribution in [-0.4, -0.2) is 24.0 Å². The summed E-state index contributed by atoms with van der Waals surface area (Å²) in [7, 11) is 0. The molecule has 76 valence electrons. The van der Waals surface area contributed by atoms with Gasteiger partial charge in [-0.3, -0.25) is 4.90 Å². The van der Waals surface area contributed by atoms with Crippen molar-refractivity contribution in [2.24, 2.45) is 5.41 Å². The van der Waals surface area contributed by atoms with Crippen molar-refractivity contribution in [3.63, 3.8) is 0 Å². The molecule has 1 rings (SSSR count). The molecule has 1 fully saturated rings. The van der Waals surface area contributed by atoms with E-state index in [0.717, 1.165) is 0 Å². The lowest BCUT2D eigenvalue weighted by Gasteiger charge is -2.40. The molecule has 0 aliphatic carbocycles. The van der Waals surface area contributed by atoms with Crippen LogP contribution in [-0.2, 0) is 0 Å². The third kappa shape index (κ3) is 2.57. The number of hydrogen-bond donors (Lipinski definition) is 0. The first kappa shape index (κ1) is 10.8. The average Bonchev–Trinajstić information content (AvgIpc) is 2.18. The van der Waals surface area contributed by atoms with Crippen molar-refractivity contribution in [1.82, 2.24) is 4.90 Å². The number of hydrogen-bond acceptors (Lipinski definition) is 1. The Balaban J connectivity index is 2.42. The van der Waals surface area contributed by atoms with Crippen molar-refractivity contribution < 1.29 is 0 Å². The largest absolute Gasteiger partial charge is 0.297 e.